The quantitative estimate of drug-likeness (QED) is 0.818. The van der Waals surface area contributed by atoms with Crippen LogP contribution < -0.4 is 0 Å². The van der Waals surface area contributed by atoms with Crippen LogP contribution in [-0.4, -0.2) is 15.4 Å². The number of benzene rings is 1. The van der Waals surface area contributed by atoms with Crippen molar-refractivity contribution >= 4 is 40.8 Å². The molecule has 0 radical (unpaired) electrons. The fourth-order valence-electron chi connectivity index (χ4n) is 2.00. The summed E-state index contributed by atoms with van der Waals surface area (Å²) in [6.45, 7) is 0. The molecule has 1 aromatic carbocycles. The van der Waals surface area contributed by atoms with Crippen LogP contribution in [0.2, 0.25) is 5.02 Å². The first-order valence-electron chi connectivity index (χ1n) is 5.04. The monoisotopic (exact) mass is 332 g/mol. The first-order chi connectivity index (χ1) is 8.56. The third kappa shape index (κ3) is 2.51. The van der Waals surface area contributed by atoms with Crippen LogP contribution in [-0.2, 0) is 11.0 Å². The van der Waals surface area contributed by atoms with Gasteiger partial charge in [-0.2, -0.15) is 13.2 Å². The number of rotatable bonds is 2. The minimum atomic E-state index is -4.57. The molecule has 1 saturated carbocycles. The summed E-state index contributed by atoms with van der Waals surface area (Å²) >= 11 is 17.2. The molecule has 0 aromatic heterocycles. The van der Waals surface area contributed by atoms with E-state index < -0.39 is 38.9 Å². The molecule has 19 heavy (non-hydrogen) atoms. The molecule has 2 unspecified atom stereocenters. The second-order valence-corrected chi connectivity index (χ2v) is 6.06. The van der Waals surface area contributed by atoms with E-state index in [9.17, 15) is 18.0 Å². The summed E-state index contributed by atoms with van der Waals surface area (Å²) in [6, 6.07) is 2.98. The number of carbonyl (C=O) groups is 1. The number of halogens is 6. The van der Waals surface area contributed by atoms with Gasteiger partial charge >= 0.3 is 12.1 Å². The van der Waals surface area contributed by atoms with Gasteiger partial charge in [0.15, 0.2) is 0 Å². The van der Waals surface area contributed by atoms with E-state index in [-0.39, 0.29) is 5.56 Å². The molecule has 0 amide bonds. The van der Waals surface area contributed by atoms with Gasteiger partial charge in [-0.15, -0.1) is 0 Å². The van der Waals surface area contributed by atoms with Gasteiger partial charge in [0.2, 0.25) is 0 Å². The maximum absolute atomic E-state index is 12.5. The Balaban J connectivity index is 2.35. The van der Waals surface area contributed by atoms with E-state index in [2.05, 4.69) is 0 Å². The number of aliphatic carboxylic acids is 1. The average Bonchev–Trinajstić information content (AvgIpc) is 2.79. The molecule has 0 bridgehead atoms. The fourth-order valence-corrected chi connectivity index (χ4v) is 3.12. The molecule has 2 nitrogen and oxygen atoms in total. The Labute approximate surface area is 121 Å². The van der Waals surface area contributed by atoms with Crippen LogP contribution >= 0.6 is 34.8 Å². The van der Waals surface area contributed by atoms with Crippen LogP contribution in [0.5, 0.6) is 0 Å². The second-order valence-electron chi connectivity index (χ2n) is 4.21. The van der Waals surface area contributed by atoms with Crippen molar-refractivity contribution in [3.63, 3.8) is 0 Å². The molecule has 104 valence electrons. The molecule has 0 heterocycles. The van der Waals surface area contributed by atoms with Gasteiger partial charge in [-0.25, -0.2) is 0 Å². The average molecular weight is 334 g/mol. The van der Waals surface area contributed by atoms with Gasteiger partial charge in [-0.05, 0) is 17.7 Å². The maximum Gasteiger partial charge on any atom is 0.417 e. The molecule has 1 aromatic rings. The molecule has 1 aliphatic rings. The third-order valence-corrected chi connectivity index (χ3v) is 4.23. The number of alkyl halides is 5. The molecule has 1 fully saturated rings. The van der Waals surface area contributed by atoms with Crippen molar-refractivity contribution in [1.29, 1.82) is 0 Å². The molecule has 2 atom stereocenters. The molecule has 8 heteroatoms. The van der Waals surface area contributed by atoms with Crippen molar-refractivity contribution in [2.24, 2.45) is 5.92 Å². The van der Waals surface area contributed by atoms with E-state index >= 15 is 0 Å². The summed E-state index contributed by atoms with van der Waals surface area (Å²) in [4.78, 5) is 10.9. The molecule has 0 spiro atoms. The zero-order chi connectivity index (χ0) is 14.6. The van der Waals surface area contributed by atoms with E-state index in [0.717, 1.165) is 18.2 Å². The zero-order valence-corrected chi connectivity index (χ0v) is 11.3. The number of carboxylic acid groups (broad SMARTS) is 1. The van der Waals surface area contributed by atoms with Gasteiger partial charge in [0.1, 0.15) is 4.33 Å². The lowest BCUT2D eigenvalue weighted by Crippen LogP contribution is -2.06. The highest BCUT2D eigenvalue weighted by molar-refractivity contribution is 6.53. The van der Waals surface area contributed by atoms with Crippen LogP contribution in [0.15, 0.2) is 18.2 Å². The highest BCUT2D eigenvalue weighted by atomic mass is 35.5. The Kier molecular flexibility index (Phi) is 3.44. The third-order valence-electron chi connectivity index (χ3n) is 2.98. The van der Waals surface area contributed by atoms with Crippen LogP contribution in [0.25, 0.3) is 0 Å². The number of hydrogen-bond acceptors (Lipinski definition) is 1. The Morgan fingerprint density at radius 3 is 2.26 bits per heavy atom. The van der Waals surface area contributed by atoms with Gasteiger partial charge < -0.3 is 5.11 Å². The van der Waals surface area contributed by atoms with Crippen LogP contribution in [0.1, 0.15) is 17.0 Å². The lowest BCUT2D eigenvalue weighted by molar-refractivity contribution is -0.139. The van der Waals surface area contributed by atoms with Gasteiger partial charge in [0, 0.05) is 5.92 Å². The Hall–Kier alpha value is -0.650. The number of carboxylic acids is 1. The van der Waals surface area contributed by atoms with Crippen molar-refractivity contribution in [2.75, 3.05) is 0 Å². The van der Waals surface area contributed by atoms with Crippen LogP contribution in [0, 0.1) is 5.92 Å². The highest BCUT2D eigenvalue weighted by Crippen LogP contribution is 2.65. The topological polar surface area (TPSA) is 37.3 Å². The van der Waals surface area contributed by atoms with Crippen molar-refractivity contribution in [2.45, 2.75) is 16.4 Å². The zero-order valence-electron chi connectivity index (χ0n) is 9.01. The van der Waals surface area contributed by atoms with Gasteiger partial charge in [0.05, 0.1) is 16.5 Å². The summed E-state index contributed by atoms with van der Waals surface area (Å²) in [5.74, 6) is -3.03. The van der Waals surface area contributed by atoms with E-state index in [1.165, 1.54) is 0 Å². The SMILES string of the molecule is O=C(O)C1C(c2ccc(C(F)(F)F)c(Cl)c2)C1(Cl)Cl. The highest BCUT2D eigenvalue weighted by Gasteiger charge is 2.68. The fraction of sp³-hybridized carbons (Fsp3) is 0.364. The van der Waals surface area contributed by atoms with Crippen molar-refractivity contribution < 1.29 is 23.1 Å². The largest absolute Gasteiger partial charge is 0.481 e. The van der Waals surface area contributed by atoms with E-state index in [1.54, 1.807) is 0 Å². The Morgan fingerprint density at radius 2 is 1.89 bits per heavy atom. The van der Waals surface area contributed by atoms with Gasteiger partial charge in [-0.3, -0.25) is 4.79 Å². The first kappa shape index (κ1) is 14.8. The van der Waals surface area contributed by atoms with Crippen molar-refractivity contribution in [3.8, 4) is 0 Å². The predicted molar refractivity (Wildman–Crippen MR) is 64.8 cm³/mol. The van der Waals surface area contributed by atoms with E-state index in [4.69, 9.17) is 39.9 Å². The number of hydrogen-bond donors (Lipinski definition) is 1. The predicted octanol–water partition coefficient (Wildman–Crippen LogP) is 4.33. The minimum absolute atomic E-state index is 0.274. The normalized spacial score (nSPS) is 25.2. The Bertz CT molecular complexity index is 542. The standard InChI is InChI=1S/C11H6Cl3F3O2/c12-6-3-4(1-2-5(6)11(15,16)17)7-8(9(18)19)10(7,13)14/h1-3,7-8H,(H,18,19). The molecule has 0 aliphatic heterocycles. The van der Waals surface area contributed by atoms with Crippen molar-refractivity contribution in [3.05, 3.63) is 34.3 Å². The summed E-state index contributed by atoms with van der Waals surface area (Å²) in [6.07, 6.45) is -4.57. The maximum atomic E-state index is 12.5. The summed E-state index contributed by atoms with van der Waals surface area (Å²) in [7, 11) is 0. The van der Waals surface area contributed by atoms with Gasteiger partial charge in [-0.1, -0.05) is 40.9 Å². The smallest absolute Gasteiger partial charge is 0.417 e. The van der Waals surface area contributed by atoms with E-state index in [1.807, 2.05) is 0 Å². The molecular formula is C11H6Cl3F3O2. The molecular weight excluding hydrogens is 327 g/mol. The van der Waals surface area contributed by atoms with Crippen LogP contribution in [0.4, 0.5) is 13.2 Å². The summed E-state index contributed by atoms with van der Waals surface area (Å²) < 4.78 is 36.1. The van der Waals surface area contributed by atoms with Crippen molar-refractivity contribution in [1.82, 2.24) is 0 Å². The molecule has 2 rings (SSSR count). The summed E-state index contributed by atoms with van der Waals surface area (Å²) in [5.41, 5.74) is -0.712. The first-order valence-corrected chi connectivity index (χ1v) is 6.17. The second kappa shape index (κ2) is 4.43. The molecule has 1 N–H and O–H groups in total. The van der Waals surface area contributed by atoms with E-state index in [0.29, 0.717) is 0 Å². The van der Waals surface area contributed by atoms with Crippen LogP contribution in [0.3, 0.4) is 0 Å². The minimum Gasteiger partial charge on any atom is -0.481 e. The lowest BCUT2D eigenvalue weighted by Gasteiger charge is -2.10. The van der Waals surface area contributed by atoms with Gasteiger partial charge in [0.25, 0.3) is 0 Å². The summed E-state index contributed by atoms with van der Waals surface area (Å²) in [5, 5.41) is 8.38. The molecule has 1 aliphatic carbocycles. The Morgan fingerprint density at radius 1 is 1.32 bits per heavy atom. The molecule has 0 saturated heterocycles. The lowest BCUT2D eigenvalue weighted by atomic mass is 10.1.